The van der Waals surface area contributed by atoms with Crippen LogP contribution in [0.4, 0.5) is 0 Å². The Morgan fingerprint density at radius 2 is 1.92 bits per heavy atom. The zero-order chi connectivity index (χ0) is 9.10. The minimum absolute atomic E-state index is 0.680. The number of nitrogens with zero attached hydrogens (tertiary/aromatic N) is 2. The SMILES string of the molecule is N#Cc1ccc(-c2ccsn2)cc1. The van der Waals surface area contributed by atoms with E-state index in [0.717, 1.165) is 11.3 Å². The summed E-state index contributed by atoms with van der Waals surface area (Å²) >= 11 is 1.43. The highest BCUT2D eigenvalue weighted by Crippen LogP contribution is 2.18. The maximum absolute atomic E-state index is 8.60. The van der Waals surface area contributed by atoms with Crippen molar-refractivity contribution in [2.45, 2.75) is 0 Å². The summed E-state index contributed by atoms with van der Waals surface area (Å²) in [4.78, 5) is 0. The molecule has 2 rings (SSSR count). The molecule has 0 N–H and O–H groups in total. The minimum atomic E-state index is 0.680. The summed E-state index contributed by atoms with van der Waals surface area (Å²) < 4.78 is 4.20. The number of hydrogen-bond donors (Lipinski definition) is 0. The molecule has 0 radical (unpaired) electrons. The predicted octanol–water partition coefficient (Wildman–Crippen LogP) is 2.68. The minimum Gasteiger partial charge on any atom is -0.193 e. The number of aromatic nitrogens is 1. The first-order valence-electron chi connectivity index (χ1n) is 3.81. The zero-order valence-corrected chi connectivity index (χ0v) is 7.58. The molecule has 0 bridgehead atoms. The smallest absolute Gasteiger partial charge is 0.0991 e. The van der Waals surface area contributed by atoms with E-state index in [9.17, 15) is 0 Å². The third-order valence-corrected chi connectivity index (χ3v) is 2.31. The van der Waals surface area contributed by atoms with Crippen LogP contribution in [0.2, 0.25) is 0 Å². The fraction of sp³-hybridized carbons (Fsp3) is 0. The zero-order valence-electron chi connectivity index (χ0n) is 6.77. The molecular weight excluding hydrogens is 180 g/mol. The molecule has 0 saturated carbocycles. The van der Waals surface area contributed by atoms with Crippen LogP contribution in [-0.2, 0) is 0 Å². The maximum Gasteiger partial charge on any atom is 0.0991 e. The highest BCUT2D eigenvalue weighted by Gasteiger charge is 1.98. The van der Waals surface area contributed by atoms with Crippen molar-refractivity contribution in [3.05, 3.63) is 41.3 Å². The van der Waals surface area contributed by atoms with E-state index < -0.39 is 0 Å². The average Bonchev–Trinajstić information content (AvgIpc) is 2.71. The highest BCUT2D eigenvalue weighted by atomic mass is 32.1. The van der Waals surface area contributed by atoms with Crippen LogP contribution in [0.3, 0.4) is 0 Å². The van der Waals surface area contributed by atoms with Gasteiger partial charge in [0.1, 0.15) is 0 Å². The van der Waals surface area contributed by atoms with Crippen LogP contribution in [0, 0.1) is 11.3 Å². The molecule has 1 aromatic carbocycles. The van der Waals surface area contributed by atoms with Crippen LogP contribution >= 0.6 is 11.5 Å². The van der Waals surface area contributed by atoms with Crippen LogP contribution < -0.4 is 0 Å². The number of rotatable bonds is 1. The third kappa shape index (κ3) is 1.58. The van der Waals surface area contributed by atoms with Gasteiger partial charge in [-0.2, -0.15) is 9.64 Å². The standard InChI is InChI=1S/C10H6N2S/c11-7-8-1-3-9(4-2-8)10-5-6-13-12-10/h1-6H. The van der Waals surface area contributed by atoms with Crippen molar-refractivity contribution in [2.24, 2.45) is 0 Å². The monoisotopic (exact) mass is 186 g/mol. The van der Waals surface area contributed by atoms with E-state index >= 15 is 0 Å². The molecule has 13 heavy (non-hydrogen) atoms. The Morgan fingerprint density at radius 1 is 1.15 bits per heavy atom. The molecule has 1 aromatic heterocycles. The fourth-order valence-electron chi connectivity index (χ4n) is 1.08. The van der Waals surface area contributed by atoms with Crippen molar-refractivity contribution in [1.82, 2.24) is 4.37 Å². The summed E-state index contributed by atoms with van der Waals surface area (Å²) in [5, 5.41) is 10.5. The lowest BCUT2D eigenvalue weighted by atomic mass is 10.1. The summed E-state index contributed by atoms with van der Waals surface area (Å²) in [5.41, 5.74) is 2.70. The van der Waals surface area contributed by atoms with Crippen molar-refractivity contribution < 1.29 is 0 Å². The maximum atomic E-state index is 8.60. The first kappa shape index (κ1) is 7.96. The van der Waals surface area contributed by atoms with Gasteiger partial charge in [-0.3, -0.25) is 0 Å². The molecular formula is C10H6N2S. The van der Waals surface area contributed by atoms with Crippen LogP contribution in [0.1, 0.15) is 5.56 Å². The Labute approximate surface area is 80.2 Å². The first-order valence-corrected chi connectivity index (χ1v) is 4.65. The van der Waals surface area contributed by atoms with Crippen molar-refractivity contribution in [2.75, 3.05) is 0 Å². The van der Waals surface area contributed by atoms with E-state index in [1.54, 1.807) is 12.1 Å². The van der Waals surface area contributed by atoms with Crippen LogP contribution in [0.25, 0.3) is 11.3 Å². The van der Waals surface area contributed by atoms with Gasteiger partial charge in [-0.1, -0.05) is 12.1 Å². The molecule has 0 atom stereocenters. The van der Waals surface area contributed by atoms with E-state index in [2.05, 4.69) is 10.4 Å². The van der Waals surface area contributed by atoms with Gasteiger partial charge < -0.3 is 0 Å². The molecule has 2 aromatic rings. The highest BCUT2D eigenvalue weighted by molar-refractivity contribution is 7.03. The molecule has 62 valence electrons. The summed E-state index contributed by atoms with van der Waals surface area (Å²) in [5.74, 6) is 0. The van der Waals surface area contributed by atoms with Gasteiger partial charge in [0, 0.05) is 10.9 Å². The van der Waals surface area contributed by atoms with E-state index in [4.69, 9.17) is 5.26 Å². The largest absolute Gasteiger partial charge is 0.193 e. The van der Waals surface area contributed by atoms with Gasteiger partial charge in [-0.15, -0.1) is 0 Å². The lowest BCUT2D eigenvalue weighted by Crippen LogP contribution is -1.77. The molecule has 3 heteroatoms. The van der Waals surface area contributed by atoms with Gasteiger partial charge in [-0.05, 0) is 29.7 Å². The Bertz CT molecular complexity index is 423. The van der Waals surface area contributed by atoms with Crippen molar-refractivity contribution in [1.29, 1.82) is 5.26 Å². The predicted molar refractivity (Wildman–Crippen MR) is 52.3 cm³/mol. The van der Waals surface area contributed by atoms with E-state index in [1.807, 2.05) is 23.6 Å². The second-order valence-corrected chi connectivity index (χ2v) is 3.24. The third-order valence-electron chi connectivity index (χ3n) is 1.75. The van der Waals surface area contributed by atoms with E-state index in [0.29, 0.717) is 5.56 Å². The fourth-order valence-corrected chi connectivity index (χ4v) is 1.61. The van der Waals surface area contributed by atoms with Gasteiger partial charge in [-0.25, -0.2) is 0 Å². The molecule has 0 aliphatic carbocycles. The van der Waals surface area contributed by atoms with Gasteiger partial charge >= 0.3 is 0 Å². The lowest BCUT2D eigenvalue weighted by Gasteiger charge is -1.94. The molecule has 0 saturated heterocycles. The quantitative estimate of drug-likeness (QED) is 0.686. The molecule has 0 fully saturated rings. The summed E-state index contributed by atoms with van der Waals surface area (Å²) in [6.07, 6.45) is 0. The van der Waals surface area contributed by atoms with Crippen molar-refractivity contribution in [3.63, 3.8) is 0 Å². The molecule has 1 heterocycles. The van der Waals surface area contributed by atoms with Crippen LogP contribution in [0.15, 0.2) is 35.7 Å². The number of benzene rings is 1. The van der Waals surface area contributed by atoms with E-state index in [1.165, 1.54) is 11.5 Å². The molecule has 0 unspecified atom stereocenters. The molecule has 0 amide bonds. The Morgan fingerprint density at radius 3 is 2.46 bits per heavy atom. The number of nitriles is 1. The normalized spacial score (nSPS) is 9.46. The Kier molecular flexibility index (Phi) is 2.07. The first-order chi connectivity index (χ1) is 6.40. The van der Waals surface area contributed by atoms with Crippen molar-refractivity contribution in [3.8, 4) is 17.3 Å². The summed E-state index contributed by atoms with van der Waals surface area (Å²) in [6, 6.07) is 11.5. The molecule has 0 aliphatic heterocycles. The summed E-state index contributed by atoms with van der Waals surface area (Å²) in [6.45, 7) is 0. The van der Waals surface area contributed by atoms with E-state index in [-0.39, 0.29) is 0 Å². The number of hydrogen-bond acceptors (Lipinski definition) is 3. The Balaban J connectivity index is 2.40. The van der Waals surface area contributed by atoms with Gasteiger partial charge in [0.15, 0.2) is 0 Å². The van der Waals surface area contributed by atoms with Crippen LogP contribution in [0.5, 0.6) is 0 Å². The second-order valence-electron chi connectivity index (χ2n) is 2.57. The Hall–Kier alpha value is -1.66. The molecule has 2 nitrogen and oxygen atoms in total. The van der Waals surface area contributed by atoms with Gasteiger partial charge in [0.05, 0.1) is 17.3 Å². The molecule has 0 spiro atoms. The summed E-state index contributed by atoms with van der Waals surface area (Å²) in [7, 11) is 0. The average molecular weight is 186 g/mol. The van der Waals surface area contributed by atoms with Gasteiger partial charge in [0.2, 0.25) is 0 Å². The lowest BCUT2D eigenvalue weighted by molar-refractivity contribution is 1.47. The second kappa shape index (κ2) is 3.38. The van der Waals surface area contributed by atoms with Crippen LogP contribution in [-0.4, -0.2) is 4.37 Å². The van der Waals surface area contributed by atoms with Crippen molar-refractivity contribution >= 4 is 11.5 Å². The molecule has 0 aliphatic rings. The van der Waals surface area contributed by atoms with Gasteiger partial charge in [0.25, 0.3) is 0 Å². The topological polar surface area (TPSA) is 36.7 Å².